The van der Waals surface area contributed by atoms with Crippen molar-refractivity contribution >= 4 is 28.6 Å². The van der Waals surface area contributed by atoms with Gasteiger partial charge in [0.1, 0.15) is 5.60 Å². The van der Waals surface area contributed by atoms with Crippen LogP contribution in [0.1, 0.15) is 50.0 Å². The van der Waals surface area contributed by atoms with Crippen LogP contribution in [0.4, 0.5) is 0 Å². The van der Waals surface area contributed by atoms with Crippen LogP contribution in [0.25, 0.3) is 0 Å². The molecule has 0 N–H and O–H groups in total. The SMILES string of the molecule is CC(I)CCc1ccc(C(=O)OC(C)(C)C)cc1. The monoisotopic (exact) mass is 360 g/mol. The molecule has 0 spiro atoms. The topological polar surface area (TPSA) is 26.3 Å². The molecule has 0 saturated heterocycles. The van der Waals surface area contributed by atoms with Gasteiger partial charge in [-0.1, -0.05) is 41.6 Å². The summed E-state index contributed by atoms with van der Waals surface area (Å²) in [5.41, 5.74) is 1.45. The summed E-state index contributed by atoms with van der Waals surface area (Å²) in [6, 6.07) is 7.72. The molecule has 1 atom stereocenters. The Hall–Kier alpha value is -0.580. The number of ether oxygens (including phenoxy) is 1. The third-order valence-corrected chi connectivity index (χ3v) is 3.04. The second-order valence-corrected chi connectivity index (χ2v) is 7.64. The van der Waals surface area contributed by atoms with Gasteiger partial charge < -0.3 is 4.74 Å². The zero-order valence-electron chi connectivity index (χ0n) is 11.5. The number of esters is 1. The zero-order chi connectivity index (χ0) is 13.8. The zero-order valence-corrected chi connectivity index (χ0v) is 13.7. The van der Waals surface area contributed by atoms with Crippen molar-refractivity contribution in [1.29, 1.82) is 0 Å². The first kappa shape index (κ1) is 15.5. The summed E-state index contributed by atoms with van der Waals surface area (Å²) in [5, 5.41) is 0. The maximum atomic E-state index is 11.8. The number of alkyl halides is 1. The normalized spacial score (nSPS) is 13.2. The molecule has 0 radical (unpaired) electrons. The van der Waals surface area contributed by atoms with Gasteiger partial charge in [0.05, 0.1) is 5.56 Å². The van der Waals surface area contributed by atoms with Crippen LogP contribution in [-0.2, 0) is 11.2 Å². The Morgan fingerprint density at radius 2 is 1.83 bits per heavy atom. The van der Waals surface area contributed by atoms with Gasteiger partial charge in [-0.3, -0.25) is 0 Å². The van der Waals surface area contributed by atoms with E-state index in [0.717, 1.165) is 12.8 Å². The average molecular weight is 360 g/mol. The van der Waals surface area contributed by atoms with Crippen LogP contribution in [-0.4, -0.2) is 15.5 Å². The van der Waals surface area contributed by atoms with E-state index < -0.39 is 5.60 Å². The molecule has 0 aliphatic heterocycles. The van der Waals surface area contributed by atoms with E-state index in [9.17, 15) is 4.79 Å². The van der Waals surface area contributed by atoms with Gasteiger partial charge >= 0.3 is 5.97 Å². The van der Waals surface area contributed by atoms with Crippen molar-refractivity contribution in [1.82, 2.24) is 0 Å². The van der Waals surface area contributed by atoms with E-state index in [2.05, 4.69) is 29.5 Å². The second kappa shape index (κ2) is 6.55. The molecular formula is C15H21IO2. The molecule has 100 valence electrons. The Bertz CT molecular complexity index is 388. The molecular weight excluding hydrogens is 339 g/mol. The highest BCUT2D eigenvalue weighted by Crippen LogP contribution is 2.15. The fraction of sp³-hybridized carbons (Fsp3) is 0.533. The van der Waals surface area contributed by atoms with Crippen molar-refractivity contribution in [3.8, 4) is 0 Å². The van der Waals surface area contributed by atoms with Crippen molar-refractivity contribution in [2.24, 2.45) is 0 Å². The van der Waals surface area contributed by atoms with E-state index in [0.29, 0.717) is 9.49 Å². The van der Waals surface area contributed by atoms with Gasteiger partial charge in [0.15, 0.2) is 0 Å². The van der Waals surface area contributed by atoms with Gasteiger partial charge in [0.2, 0.25) is 0 Å². The van der Waals surface area contributed by atoms with Crippen molar-refractivity contribution < 1.29 is 9.53 Å². The minimum Gasteiger partial charge on any atom is -0.456 e. The minimum atomic E-state index is -0.438. The summed E-state index contributed by atoms with van der Waals surface area (Å²) in [6.07, 6.45) is 2.21. The van der Waals surface area contributed by atoms with Crippen molar-refractivity contribution in [3.63, 3.8) is 0 Å². The van der Waals surface area contributed by atoms with Crippen molar-refractivity contribution in [3.05, 3.63) is 35.4 Å². The Kier molecular flexibility index (Phi) is 5.63. The third-order valence-electron chi connectivity index (χ3n) is 2.42. The molecule has 3 heteroatoms. The predicted molar refractivity (Wildman–Crippen MR) is 83.4 cm³/mol. The number of hydrogen-bond donors (Lipinski definition) is 0. The van der Waals surface area contributed by atoms with Crippen LogP contribution in [0.15, 0.2) is 24.3 Å². The molecule has 0 heterocycles. The summed E-state index contributed by atoms with van der Waals surface area (Å²) in [6.45, 7) is 7.83. The summed E-state index contributed by atoms with van der Waals surface area (Å²) < 4.78 is 6.00. The predicted octanol–water partition coefficient (Wildman–Crippen LogP) is 4.40. The second-order valence-electron chi connectivity index (χ2n) is 5.52. The maximum Gasteiger partial charge on any atom is 0.338 e. The molecule has 1 aromatic carbocycles. The number of hydrogen-bond acceptors (Lipinski definition) is 2. The standard InChI is InChI=1S/C15H21IO2/c1-11(16)5-6-12-7-9-13(10-8-12)14(17)18-15(2,3)4/h7-11H,5-6H2,1-4H3. The molecule has 0 bridgehead atoms. The lowest BCUT2D eigenvalue weighted by Crippen LogP contribution is -2.23. The summed E-state index contributed by atoms with van der Waals surface area (Å²) in [7, 11) is 0. The van der Waals surface area contributed by atoms with Crippen molar-refractivity contribution in [2.45, 2.75) is 50.1 Å². The number of rotatable bonds is 4. The highest BCUT2D eigenvalue weighted by Gasteiger charge is 2.17. The van der Waals surface area contributed by atoms with Crippen LogP contribution < -0.4 is 0 Å². The summed E-state index contributed by atoms with van der Waals surface area (Å²) in [4.78, 5) is 11.8. The number of halogens is 1. The van der Waals surface area contributed by atoms with E-state index in [1.165, 1.54) is 5.56 Å². The average Bonchev–Trinajstić information content (AvgIpc) is 2.24. The molecule has 0 aromatic heterocycles. The Morgan fingerprint density at radius 1 is 1.28 bits per heavy atom. The molecule has 0 saturated carbocycles. The van der Waals surface area contributed by atoms with Crippen LogP contribution in [0, 0.1) is 0 Å². The van der Waals surface area contributed by atoms with E-state index in [-0.39, 0.29) is 5.97 Å². The number of carbonyl (C=O) groups excluding carboxylic acids is 1. The van der Waals surface area contributed by atoms with Gasteiger partial charge in [-0.2, -0.15) is 0 Å². The van der Waals surface area contributed by atoms with Gasteiger partial charge in [-0.05, 0) is 51.3 Å². The Balaban J connectivity index is 2.62. The molecule has 0 aliphatic carbocycles. The van der Waals surface area contributed by atoms with E-state index in [1.54, 1.807) is 0 Å². The molecule has 2 nitrogen and oxygen atoms in total. The fourth-order valence-corrected chi connectivity index (χ4v) is 1.82. The van der Waals surface area contributed by atoms with Crippen LogP contribution in [0.3, 0.4) is 0 Å². The van der Waals surface area contributed by atoms with E-state index in [4.69, 9.17) is 4.74 Å². The van der Waals surface area contributed by atoms with Gasteiger partial charge in [0.25, 0.3) is 0 Å². The number of carbonyl (C=O) groups is 1. The first-order chi connectivity index (χ1) is 8.28. The maximum absolute atomic E-state index is 11.8. The minimum absolute atomic E-state index is 0.253. The molecule has 18 heavy (non-hydrogen) atoms. The van der Waals surface area contributed by atoms with Crippen molar-refractivity contribution in [2.75, 3.05) is 0 Å². The van der Waals surface area contributed by atoms with Gasteiger partial charge in [-0.25, -0.2) is 4.79 Å². The number of benzene rings is 1. The lowest BCUT2D eigenvalue weighted by Gasteiger charge is -2.19. The molecule has 1 unspecified atom stereocenters. The smallest absolute Gasteiger partial charge is 0.338 e. The van der Waals surface area contributed by atoms with Crippen LogP contribution in [0.2, 0.25) is 0 Å². The summed E-state index contributed by atoms with van der Waals surface area (Å²) in [5.74, 6) is -0.253. The Morgan fingerprint density at radius 3 is 2.28 bits per heavy atom. The molecule has 0 fully saturated rings. The highest BCUT2D eigenvalue weighted by molar-refractivity contribution is 14.1. The lowest BCUT2D eigenvalue weighted by atomic mass is 10.1. The number of aryl methyl sites for hydroxylation is 1. The quantitative estimate of drug-likeness (QED) is 0.452. The third kappa shape index (κ3) is 5.85. The van der Waals surface area contributed by atoms with Gasteiger partial charge in [0, 0.05) is 3.92 Å². The molecule has 0 aliphatic rings. The lowest BCUT2D eigenvalue weighted by molar-refractivity contribution is 0.00695. The molecule has 1 aromatic rings. The van der Waals surface area contributed by atoms with Crippen LogP contribution >= 0.6 is 22.6 Å². The molecule has 1 rings (SSSR count). The van der Waals surface area contributed by atoms with Gasteiger partial charge in [-0.15, -0.1) is 0 Å². The van der Waals surface area contributed by atoms with E-state index in [1.807, 2.05) is 45.0 Å². The largest absolute Gasteiger partial charge is 0.456 e. The van der Waals surface area contributed by atoms with E-state index >= 15 is 0 Å². The summed E-state index contributed by atoms with van der Waals surface area (Å²) >= 11 is 2.43. The Labute approximate surface area is 123 Å². The molecule has 0 amide bonds. The fourth-order valence-electron chi connectivity index (χ4n) is 1.51. The van der Waals surface area contributed by atoms with Crippen LogP contribution in [0.5, 0.6) is 0 Å². The first-order valence-corrected chi connectivity index (χ1v) is 7.49. The first-order valence-electron chi connectivity index (χ1n) is 6.24. The highest BCUT2D eigenvalue weighted by atomic mass is 127.